The van der Waals surface area contributed by atoms with Crippen molar-refractivity contribution in [2.75, 3.05) is 0 Å². The van der Waals surface area contributed by atoms with Crippen molar-refractivity contribution in [2.45, 2.75) is 6.92 Å². The van der Waals surface area contributed by atoms with Crippen LogP contribution in [0, 0.1) is 18.3 Å². The maximum absolute atomic E-state index is 10.9. The zero-order valence-electron chi connectivity index (χ0n) is 7.93. The molecule has 0 aliphatic carbocycles. The van der Waals surface area contributed by atoms with Crippen LogP contribution in [0.25, 0.3) is 5.52 Å². The lowest BCUT2D eigenvalue weighted by Crippen LogP contribution is -2.02. The SMILES string of the molecule is Cc1ccc(C(=O)O)c2cc(C#N)nn12. The van der Waals surface area contributed by atoms with E-state index in [0.717, 1.165) is 5.69 Å². The molecular weight excluding hydrogens is 194 g/mol. The predicted octanol–water partition coefficient (Wildman–Crippen LogP) is 1.21. The van der Waals surface area contributed by atoms with Gasteiger partial charge in [-0.2, -0.15) is 10.4 Å². The smallest absolute Gasteiger partial charge is 0.337 e. The maximum atomic E-state index is 10.9. The molecule has 2 heterocycles. The highest BCUT2D eigenvalue weighted by molar-refractivity contribution is 5.95. The summed E-state index contributed by atoms with van der Waals surface area (Å²) in [5.41, 5.74) is 1.59. The Labute approximate surface area is 85.2 Å². The normalized spacial score (nSPS) is 10.1. The van der Waals surface area contributed by atoms with Crippen LogP contribution < -0.4 is 0 Å². The quantitative estimate of drug-likeness (QED) is 0.752. The van der Waals surface area contributed by atoms with E-state index in [-0.39, 0.29) is 11.3 Å². The molecule has 2 rings (SSSR count). The highest BCUT2D eigenvalue weighted by atomic mass is 16.4. The first-order chi connectivity index (χ1) is 7.13. The lowest BCUT2D eigenvalue weighted by Gasteiger charge is -2.01. The number of aryl methyl sites for hydroxylation is 1. The van der Waals surface area contributed by atoms with Crippen LogP contribution in [0.5, 0.6) is 0 Å². The summed E-state index contributed by atoms with van der Waals surface area (Å²) in [6.45, 7) is 1.80. The fraction of sp³-hybridized carbons (Fsp3) is 0.100. The molecule has 0 saturated heterocycles. The molecule has 0 aromatic carbocycles. The third-order valence-corrected chi connectivity index (χ3v) is 2.16. The van der Waals surface area contributed by atoms with Gasteiger partial charge in [-0.05, 0) is 19.1 Å². The van der Waals surface area contributed by atoms with E-state index in [4.69, 9.17) is 10.4 Å². The number of pyridine rings is 1. The average molecular weight is 201 g/mol. The molecule has 0 radical (unpaired) electrons. The average Bonchev–Trinajstić information content (AvgIpc) is 2.62. The number of nitrogens with zero attached hydrogens (tertiary/aromatic N) is 3. The number of fused-ring (bicyclic) bond motifs is 1. The molecule has 5 heteroatoms. The van der Waals surface area contributed by atoms with Crippen LogP contribution in [0.2, 0.25) is 0 Å². The van der Waals surface area contributed by atoms with E-state index >= 15 is 0 Å². The van der Waals surface area contributed by atoms with Crippen LogP contribution in [-0.4, -0.2) is 20.7 Å². The number of aromatic carboxylic acids is 1. The molecule has 0 atom stereocenters. The summed E-state index contributed by atoms with van der Waals surface area (Å²) >= 11 is 0. The van der Waals surface area contributed by atoms with Gasteiger partial charge in [-0.15, -0.1) is 0 Å². The summed E-state index contributed by atoms with van der Waals surface area (Å²) in [5.74, 6) is -1.02. The predicted molar refractivity (Wildman–Crippen MR) is 51.6 cm³/mol. The van der Waals surface area contributed by atoms with Crippen LogP contribution in [-0.2, 0) is 0 Å². The van der Waals surface area contributed by atoms with Crippen molar-refractivity contribution in [3.8, 4) is 6.07 Å². The van der Waals surface area contributed by atoms with Gasteiger partial charge in [-0.3, -0.25) is 0 Å². The molecular formula is C10H7N3O2. The third-order valence-electron chi connectivity index (χ3n) is 2.16. The van der Waals surface area contributed by atoms with Gasteiger partial charge in [-0.25, -0.2) is 9.31 Å². The van der Waals surface area contributed by atoms with Crippen molar-refractivity contribution in [1.29, 1.82) is 5.26 Å². The fourth-order valence-corrected chi connectivity index (χ4v) is 1.44. The van der Waals surface area contributed by atoms with Gasteiger partial charge in [0.15, 0.2) is 5.69 Å². The fourth-order valence-electron chi connectivity index (χ4n) is 1.44. The summed E-state index contributed by atoms with van der Waals surface area (Å²) in [6.07, 6.45) is 0. The molecule has 0 spiro atoms. The Morgan fingerprint density at radius 1 is 1.60 bits per heavy atom. The van der Waals surface area contributed by atoms with Crippen LogP contribution >= 0.6 is 0 Å². The Hall–Kier alpha value is -2.35. The molecule has 0 fully saturated rings. The van der Waals surface area contributed by atoms with Crippen molar-refractivity contribution < 1.29 is 9.90 Å². The van der Waals surface area contributed by atoms with Gasteiger partial charge < -0.3 is 5.11 Å². The van der Waals surface area contributed by atoms with Crippen molar-refractivity contribution in [3.63, 3.8) is 0 Å². The number of hydrogen-bond donors (Lipinski definition) is 1. The van der Waals surface area contributed by atoms with Gasteiger partial charge in [0.25, 0.3) is 0 Å². The highest BCUT2D eigenvalue weighted by Crippen LogP contribution is 2.14. The number of hydrogen-bond acceptors (Lipinski definition) is 3. The van der Waals surface area contributed by atoms with Gasteiger partial charge in [0.1, 0.15) is 6.07 Å². The molecule has 2 aromatic heterocycles. The Morgan fingerprint density at radius 3 is 2.93 bits per heavy atom. The number of rotatable bonds is 1. The van der Waals surface area contributed by atoms with Gasteiger partial charge in [0, 0.05) is 11.8 Å². The molecule has 0 saturated carbocycles. The van der Waals surface area contributed by atoms with Crippen molar-refractivity contribution in [1.82, 2.24) is 9.61 Å². The largest absolute Gasteiger partial charge is 0.478 e. The lowest BCUT2D eigenvalue weighted by molar-refractivity contribution is 0.0698. The van der Waals surface area contributed by atoms with Crippen LogP contribution in [0.4, 0.5) is 0 Å². The molecule has 74 valence electrons. The summed E-state index contributed by atoms with van der Waals surface area (Å²) in [7, 11) is 0. The number of nitriles is 1. The second kappa shape index (κ2) is 3.10. The van der Waals surface area contributed by atoms with Crippen LogP contribution in [0.1, 0.15) is 21.7 Å². The Bertz CT molecular complexity index is 592. The molecule has 0 bridgehead atoms. The summed E-state index contributed by atoms with van der Waals surface area (Å²) in [4.78, 5) is 10.9. The van der Waals surface area contributed by atoms with Gasteiger partial charge in [0.2, 0.25) is 0 Å². The zero-order chi connectivity index (χ0) is 11.0. The monoisotopic (exact) mass is 201 g/mol. The Balaban J connectivity index is 2.87. The number of carbonyl (C=O) groups is 1. The minimum atomic E-state index is -1.02. The van der Waals surface area contributed by atoms with Crippen molar-refractivity contribution in [3.05, 3.63) is 35.2 Å². The second-order valence-corrected chi connectivity index (χ2v) is 3.13. The van der Waals surface area contributed by atoms with Gasteiger partial charge in [-0.1, -0.05) is 0 Å². The zero-order valence-corrected chi connectivity index (χ0v) is 7.93. The topological polar surface area (TPSA) is 78.4 Å². The van der Waals surface area contributed by atoms with E-state index in [9.17, 15) is 4.79 Å². The van der Waals surface area contributed by atoms with E-state index < -0.39 is 5.97 Å². The molecule has 0 unspecified atom stereocenters. The summed E-state index contributed by atoms with van der Waals surface area (Å²) < 4.78 is 1.46. The van der Waals surface area contributed by atoms with E-state index in [1.54, 1.807) is 13.0 Å². The van der Waals surface area contributed by atoms with Crippen LogP contribution in [0.15, 0.2) is 18.2 Å². The van der Waals surface area contributed by atoms with E-state index in [0.29, 0.717) is 5.52 Å². The molecule has 2 aromatic rings. The highest BCUT2D eigenvalue weighted by Gasteiger charge is 2.12. The molecule has 1 N–H and O–H groups in total. The van der Waals surface area contributed by atoms with Gasteiger partial charge >= 0.3 is 5.97 Å². The molecule has 0 aliphatic heterocycles. The number of carboxylic acid groups (broad SMARTS) is 1. The molecule has 0 aliphatic rings. The number of carboxylic acids is 1. The minimum absolute atomic E-state index is 0.148. The van der Waals surface area contributed by atoms with E-state index in [1.807, 2.05) is 6.07 Å². The van der Waals surface area contributed by atoms with E-state index in [1.165, 1.54) is 16.6 Å². The molecule has 15 heavy (non-hydrogen) atoms. The Kier molecular flexibility index (Phi) is 1.90. The third kappa shape index (κ3) is 1.32. The first kappa shape index (κ1) is 9.21. The Morgan fingerprint density at radius 2 is 2.33 bits per heavy atom. The maximum Gasteiger partial charge on any atom is 0.337 e. The van der Waals surface area contributed by atoms with Crippen molar-refractivity contribution >= 4 is 11.5 Å². The minimum Gasteiger partial charge on any atom is -0.478 e. The van der Waals surface area contributed by atoms with Gasteiger partial charge in [0.05, 0.1) is 11.1 Å². The molecule has 5 nitrogen and oxygen atoms in total. The molecule has 0 amide bonds. The van der Waals surface area contributed by atoms with E-state index in [2.05, 4.69) is 5.10 Å². The standard InChI is InChI=1S/C10H7N3O2/c1-6-2-3-8(10(14)15)9-4-7(5-11)12-13(6)9/h2-4H,1H3,(H,14,15). The summed E-state index contributed by atoms with van der Waals surface area (Å²) in [5, 5.41) is 21.6. The lowest BCUT2D eigenvalue weighted by atomic mass is 10.2. The second-order valence-electron chi connectivity index (χ2n) is 3.13. The first-order valence-electron chi connectivity index (χ1n) is 4.26. The van der Waals surface area contributed by atoms with Crippen molar-refractivity contribution in [2.24, 2.45) is 0 Å². The summed E-state index contributed by atoms with van der Waals surface area (Å²) in [6, 6.07) is 6.52. The first-order valence-corrected chi connectivity index (χ1v) is 4.26. The van der Waals surface area contributed by atoms with Crippen LogP contribution in [0.3, 0.4) is 0 Å². The number of aromatic nitrogens is 2.